The van der Waals surface area contributed by atoms with Gasteiger partial charge in [-0.05, 0) is 43.0 Å². The lowest BCUT2D eigenvalue weighted by Gasteiger charge is -2.26. The predicted molar refractivity (Wildman–Crippen MR) is 100 cm³/mol. The van der Waals surface area contributed by atoms with Gasteiger partial charge in [-0.1, -0.05) is 19.1 Å². The van der Waals surface area contributed by atoms with Crippen molar-refractivity contribution in [3.05, 3.63) is 48.9 Å². The highest BCUT2D eigenvalue weighted by Crippen LogP contribution is 2.25. The van der Waals surface area contributed by atoms with Gasteiger partial charge in [0.1, 0.15) is 12.1 Å². The zero-order valence-electron chi connectivity index (χ0n) is 14.8. The van der Waals surface area contributed by atoms with Crippen LogP contribution in [0, 0.1) is 11.8 Å². The second-order valence-corrected chi connectivity index (χ2v) is 6.74. The first kappa shape index (κ1) is 16.7. The number of rotatable bonds is 4. The molecule has 1 N–H and O–H groups in total. The number of hydrogen-bond donors (Lipinski definition) is 1. The van der Waals surface area contributed by atoms with Gasteiger partial charge in [-0.25, -0.2) is 9.97 Å². The second kappa shape index (κ2) is 7.25. The van der Waals surface area contributed by atoms with Crippen LogP contribution in [0.5, 0.6) is 0 Å². The molecule has 1 fully saturated rings. The highest BCUT2D eigenvalue weighted by molar-refractivity contribution is 5.92. The van der Waals surface area contributed by atoms with E-state index in [1.54, 1.807) is 12.5 Å². The number of benzene rings is 1. The van der Waals surface area contributed by atoms with Crippen molar-refractivity contribution in [1.29, 1.82) is 0 Å². The van der Waals surface area contributed by atoms with Crippen LogP contribution in [-0.4, -0.2) is 33.7 Å². The Kier molecular flexibility index (Phi) is 4.67. The van der Waals surface area contributed by atoms with Crippen LogP contribution in [0.2, 0.25) is 0 Å². The summed E-state index contributed by atoms with van der Waals surface area (Å²) in [5.41, 5.74) is 2.64. The fourth-order valence-corrected chi connectivity index (χ4v) is 3.43. The zero-order valence-corrected chi connectivity index (χ0v) is 14.8. The van der Waals surface area contributed by atoms with E-state index in [4.69, 9.17) is 4.74 Å². The van der Waals surface area contributed by atoms with Crippen molar-refractivity contribution in [1.82, 2.24) is 14.5 Å². The molecule has 3 heterocycles. The molecule has 0 saturated carbocycles. The molecule has 0 bridgehead atoms. The molecule has 1 aliphatic heterocycles. The van der Waals surface area contributed by atoms with Gasteiger partial charge in [0, 0.05) is 19.1 Å². The SMILES string of the molecule is CC(C(=O)Nc1ccc(-n2cnc3ccccc32)nc1)C1CCOCC1. The summed E-state index contributed by atoms with van der Waals surface area (Å²) in [7, 11) is 0. The number of pyridine rings is 1. The molecule has 3 aromatic rings. The van der Waals surface area contributed by atoms with E-state index in [1.807, 2.05) is 47.9 Å². The van der Waals surface area contributed by atoms with Crippen LogP contribution in [0.25, 0.3) is 16.9 Å². The summed E-state index contributed by atoms with van der Waals surface area (Å²) in [5, 5.41) is 2.98. The molecule has 1 atom stereocenters. The normalized spacial score (nSPS) is 16.5. The third-order valence-corrected chi connectivity index (χ3v) is 5.10. The molecule has 1 aliphatic rings. The first-order valence-electron chi connectivity index (χ1n) is 8.99. The van der Waals surface area contributed by atoms with Crippen molar-refractivity contribution in [3.8, 4) is 5.82 Å². The van der Waals surface area contributed by atoms with E-state index < -0.39 is 0 Å². The Labute approximate surface area is 152 Å². The van der Waals surface area contributed by atoms with E-state index in [2.05, 4.69) is 15.3 Å². The van der Waals surface area contributed by atoms with Gasteiger partial charge in [-0.15, -0.1) is 0 Å². The van der Waals surface area contributed by atoms with Gasteiger partial charge >= 0.3 is 0 Å². The quantitative estimate of drug-likeness (QED) is 0.783. The molecule has 6 heteroatoms. The van der Waals surface area contributed by atoms with Gasteiger partial charge in [0.25, 0.3) is 0 Å². The molecule has 6 nitrogen and oxygen atoms in total. The number of imidazole rings is 1. The van der Waals surface area contributed by atoms with Crippen molar-refractivity contribution >= 4 is 22.6 Å². The third-order valence-electron chi connectivity index (χ3n) is 5.10. The van der Waals surface area contributed by atoms with Gasteiger partial charge in [-0.3, -0.25) is 9.36 Å². The molecule has 0 radical (unpaired) electrons. The van der Waals surface area contributed by atoms with Crippen molar-refractivity contribution in [3.63, 3.8) is 0 Å². The molecular formula is C20H22N4O2. The Morgan fingerprint density at radius 3 is 2.77 bits per heavy atom. The number of carbonyl (C=O) groups excluding carboxylic acids is 1. The second-order valence-electron chi connectivity index (χ2n) is 6.74. The van der Waals surface area contributed by atoms with Crippen molar-refractivity contribution < 1.29 is 9.53 Å². The Balaban J connectivity index is 1.46. The summed E-state index contributed by atoms with van der Waals surface area (Å²) in [6, 6.07) is 11.7. The molecule has 4 rings (SSSR count). The lowest BCUT2D eigenvalue weighted by atomic mass is 9.87. The summed E-state index contributed by atoms with van der Waals surface area (Å²) in [6.07, 6.45) is 5.34. The molecule has 0 spiro atoms. The fraction of sp³-hybridized carbons (Fsp3) is 0.350. The first-order chi connectivity index (χ1) is 12.7. The van der Waals surface area contributed by atoms with Crippen LogP contribution in [0.1, 0.15) is 19.8 Å². The van der Waals surface area contributed by atoms with Gasteiger partial charge in [0.15, 0.2) is 0 Å². The number of hydrogen-bond acceptors (Lipinski definition) is 4. The zero-order chi connectivity index (χ0) is 17.9. The Morgan fingerprint density at radius 1 is 1.19 bits per heavy atom. The van der Waals surface area contributed by atoms with Crippen LogP contribution in [0.4, 0.5) is 5.69 Å². The van der Waals surface area contributed by atoms with Crippen LogP contribution < -0.4 is 5.32 Å². The molecule has 0 aliphatic carbocycles. The van der Waals surface area contributed by atoms with Crippen LogP contribution in [-0.2, 0) is 9.53 Å². The third kappa shape index (κ3) is 3.32. The summed E-state index contributed by atoms with van der Waals surface area (Å²) in [4.78, 5) is 21.4. The maximum atomic E-state index is 12.5. The first-order valence-corrected chi connectivity index (χ1v) is 8.99. The number of para-hydroxylation sites is 2. The number of amides is 1. The molecule has 1 unspecified atom stereocenters. The van der Waals surface area contributed by atoms with E-state index in [0.29, 0.717) is 11.6 Å². The minimum absolute atomic E-state index is 0.0313. The number of ether oxygens (including phenoxy) is 1. The topological polar surface area (TPSA) is 69.0 Å². The van der Waals surface area contributed by atoms with Crippen LogP contribution in [0.3, 0.4) is 0 Å². The van der Waals surface area contributed by atoms with Crippen molar-refractivity contribution in [2.45, 2.75) is 19.8 Å². The standard InChI is InChI=1S/C20H22N4O2/c1-14(15-8-10-26-11-9-15)20(25)23-16-6-7-19(21-12-16)24-13-22-17-4-2-3-5-18(17)24/h2-7,12-15H,8-11H2,1H3,(H,23,25). The fourth-order valence-electron chi connectivity index (χ4n) is 3.43. The highest BCUT2D eigenvalue weighted by atomic mass is 16.5. The van der Waals surface area contributed by atoms with Crippen LogP contribution in [0.15, 0.2) is 48.9 Å². The van der Waals surface area contributed by atoms with E-state index in [0.717, 1.165) is 42.9 Å². The minimum Gasteiger partial charge on any atom is -0.381 e. The smallest absolute Gasteiger partial charge is 0.227 e. The molecule has 1 saturated heterocycles. The molecule has 26 heavy (non-hydrogen) atoms. The highest BCUT2D eigenvalue weighted by Gasteiger charge is 2.26. The van der Waals surface area contributed by atoms with Gasteiger partial charge in [0.2, 0.25) is 5.91 Å². The number of aromatic nitrogens is 3. The summed E-state index contributed by atoms with van der Waals surface area (Å²) in [5.74, 6) is 1.16. The Hall–Kier alpha value is -2.73. The molecule has 1 amide bonds. The van der Waals surface area contributed by atoms with Crippen LogP contribution >= 0.6 is 0 Å². The van der Waals surface area contributed by atoms with Crippen molar-refractivity contribution in [2.75, 3.05) is 18.5 Å². The molecule has 2 aromatic heterocycles. The number of nitrogens with one attached hydrogen (secondary N) is 1. The Morgan fingerprint density at radius 2 is 2.00 bits per heavy atom. The Bertz CT molecular complexity index is 898. The van der Waals surface area contributed by atoms with E-state index in [1.165, 1.54) is 0 Å². The van der Waals surface area contributed by atoms with E-state index in [-0.39, 0.29) is 11.8 Å². The summed E-state index contributed by atoms with van der Waals surface area (Å²) in [6.45, 7) is 3.49. The number of anilines is 1. The lowest BCUT2D eigenvalue weighted by molar-refractivity contribution is -0.122. The summed E-state index contributed by atoms with van der Waals surface area (Å²) < 4.78 is 7.31. The molecule has 1 aromatic carbocycles. The van der Waals surface area contributed by atoms with Gasteiger partial charge < -0.3 is 10.1 Å². The molecular weight excluding hydrogens is 328 g/mol. The average Bonchev–Trinajstić information content (AvgIpc) is 3.13. The van der Waals surface area contributed by atoms with E-state index >= 15 is 0 Å². The number of fused-ring (bicyclic) bond motifs is 1. The largest absolute Gasteiger partial charge is 0.381 e. The number of nitrogens with zero attached hydrogens (tertiary/aromatic N) is 3. The monoisotopic (exact) mass is 350 g/mol. The van der Waals surface area contributed by atoms with E-state index in [9.17, 15) is 4.79 Å². The van der Waals surface area contributed by atoms with Crippen molar-refractivity contribution in [2.24, 2.45) is 11.8 Å². The predicted octanol–water partition coefficient (Wildman–Crippen LogP) is 3.42. The van der Waals surface area contributed by atoms with Gasteiger partial charge in [0.05, 0.1) is 22.9 Å². The maximum absolute atomic E-state index is 12.5. The maximum Gasteiger partial charge on any atom is 0.227 e. The summed E-state index contributed by atoms with van der Waals surface area (Å²) >= 11 is 0. The number of carbonyl (C=O) groups is 1. The molecule has 134 valence electrons. The minimum atomic E-state index is -0.0313. The van der Waals surface area contributed by atoms with Gasteiger partial charge in [-0.2, -0.15) is 0 Å². The average molecular weight is 350 g/mol. The lowest BCUT2D eigenvalue weighted by Crippen LogP contribution is -2.31.